The van der Waals surface area contributed by atoms with Crippen LogP contribution in [0.15, 0.2) is 141 Å². The van der Waals surface area contributed by atoms with Gasteiger partial charge in [-0.2, -0.15) is 0 Å². The molecule has 0 amide bonds. The van der Waals surface area contributed by atoms with Gasteiger partial charge in [-0.25, -0.2) is 8.78 Å². The minimum absolute atomic E-state index is 0.234. The van der Waals surface area contributed by atoms with E-state index in [-0.39, 0.29) is 17.4 Å². The molecule has 0 unspecified atom stereocenters. The van der Waals surface area contributed by atoms with Crippen LogP contribution in [-0.2, 0) is 0 Å². The molecule has 0 aromatic heterocycles. The largest absolute Gasteiger partial charge is 0.355 e. The van der Waals surface area contributed by atoms with Gasteiger partial charge in [-0.3, -0.25) is 4.79 Å². The maximum Gasteiger partial charge on any atom is 0.355 e. The summed E-state index contributed by atoms with van der Waals surface area (Å²) in [5.41, 5.74) is 3.19. The normalized spacial score (nSPS) is 12.8. The maximum atomic E-state index is 14.2. The summed E-state index contributed by atoms with van der Waals surface area (Å²) in [5, 5.41) is 0. The summed E-state index contributed by atoms with van der Waals surface area (Å²) >= 11 is 3.02. The van der Waals surface area contributed by atoms with Crippen LogP contribution in [-0.4, -0.2) is 10.6 Å². The molecule has 0 bridgehead atoms. The van der Waals surface area contributed by atoms with E-state index < -0.39 is 7.81 Å². The van der Waals surface area contributed by atoms with Crippen LogP contribution < -0.4 is 0 Å². The standard InChI is InChI=1S/C31H20F2OS2.F6P/c32-23-12-17-26(18-13-23)36-30-19-14-24(33)20-28(30)21-10-15-25(16-11-21)35-29-9-5-4-8-27(29)31(34)22-6-2-1-3-7-22;1-7(2,3,4,5)6/h1-20H;/q;-1/p+1. The Morgan fingerprint density at radius 1 is 0.535 bits per heavy atom. The first kappa shape index (κ1) is 32.3. The molecule has 0 aliphatic rings. The zero-order valence-electron chi connectivity index (χ0n) is 21.8. The van der Waals surface area contributed by atoms with Gasteiger partial charge in [0.05, 0.1) is 11.1 Å². The molecule has 0 radical (unpaired) electrons. The van der Waals surface area contributed by atoms with Crippen LogP contribution in [0.4, 0.5) is 34.0 Å². The summed E-state index contributed by atoms with van der Waals surface area (Å²) in [5.74, 6) is -0.367. The third-order valence-corrected chi connectivity index (χ3v) is 7.73. The topological polar surface area (TPSA) is 21.4 Å². The van der Waals surface area contributed by atoms with Gasteiger partial charge < -0.3 is 0 Å². The predicted molar refractivity (Wildman–Crippen MR) is 158 cm³/mol. The molecule has 5 rings (SSSR count). The molecule has 1 N–H and O–H groups in total. The molecule has 0 saturated carbocycles. The van der Waals surface area contributed by atoms with Crippen LogP contribution in [0.25, 0.3) is 11.1 Å². The molecule has 0 spiro atoms. The molecule has 0 aliphatic heterocycles. The van der Waals surface area contributed by atoms with Gasteiger partial charge in [-0.15, -0.1) is 0 Å². The third-order valence-electron chi connectivity index (χ3n) is 5.57. The molecular formula is C31H21F8OPS2. The van der Waals surface area contributed by atoms with Crippen LogP contribution in [0.1, 0.15) is 11.1 Å². The quantitative estimate of drug-likeness (QED) is 0.0753. The van der Waals surface area contributed by atoms with Gasteiger partial charge in [-0.05, 0) is 90.0 Å². The van der Waals surface area contributed by atoms with E-state index in [0.29, 0.717) is 0 Å². The maximum absolute atomic E-state index is 14.2. The number of rotatable bonds is 7. The van der Waals surface area contributed by atoms with Crippen molar-refractivity contribution in [2.45, 2.75) is 19.6 Å². The summed E-state index contributed by atoms with van der Waals surface area (Å²) in [7, 11) is -10.7. The molecule has 12 heteroatoms. The smallest absolute Gasteiger partial charge is 0.273 e. The fourth-order valence-electron chi connectivity index (χ4n) is 3.78. The predicted octanol–water partition coefficient (Wildman–Crippen LogP) is 12.3. The molecule has 43 heavy (non-hydrogen) atoms. The van der Waals surface area contributed by atoms with Gasteiger partial charge in [-0.1, -0.05) is 66.0 Å². The van der Waals surface area contributed by atoms with Gasteiger partial charge in [0, 0.05) is 19.6 Å². The zero-order chi connectivity index (χ0) is 31.3. The van der Waals surface area contributed by atoms with E-state index in [4.69, 9.17) is 0 Å². The molecular weight excluding hydrogens is 635 g/mol. The van der Waals surface area contributed by atoms with Gasteiger partial charge in [0.25, 0.3) is 0 Å². The number of halogens is 8. The second-order valence-electron chi connectivity index (χ2n) is 8.99. The summed E-state index contributed by atoms with van der Waals surface area (Å²) in [6, 6.07) is 36.1. The molecule has 1 nitrogen and oxygen atoms in total. The second-order valence-corrected chi connectivity index (χ2v) is 13.1. The van der Waals surface area contributed by atoms with E-state index in [1.165, 1.54) is 36.0 Å². The molecule has 0 fully saturated rings. The first-order chi connectivity index (χ1) is 20.0. The SMILES string of the molecule is F[P-](F)(F)(F)(F)F.[OH+]=C(c1ccccc1)c1ccccc1Sc1ccc(-c2cc(F)ccc2Sc2ccc(F)cc2)cc1. The fourth-order valence-corrected chi connectivity index (χ4v) is 5.67. The average Bonchev–Trinajstić information content (AvgIpc) is 2.94. The first-order valence-corrected chi connectivity index (χ1v) is 16.0. The van der Waals surface area contributed by atoms with E-state index in [2.05, 4.69) is 0 Å². The summed E-state index contributed by atoms with van der Waals surface area (Å²) in [6.45, 7) is 0. The molecule has 224 valence electrons. The van der Waals surface area contributed by atoms with Gasteiger partial charge in [0.15, 0.2) is 0 Å². The summed E-state index contributed by atoms with van der Waals surface area (Å²) in [6.07, 6.45) is 0. The van der Waals surface area contributed by atoms with Crippen molar-refractivity contribution in [1.29, 1.82) is 0 Å². The Kier molecular flexibility index (Phi) is 9.11. The molecule has 5 aromatic carbocycles. The van der Waals surface area contributed by atoms with E-state index in [0.717, 1.165) is 41.8 Å². The monoisotopic (exact) mass is 656 g/mol. The Hall–Kier alpha value is -3.66. The zero-order valence-corrected chi connectivity index (χ0v) is 24.3. The summed E-state index contributed by atoms with van der Waals surface area (Å²) < 4.78 is 86.7. The Morgan fingerprint density at radius 3 is 1.63 bits per heavy atom. The van der Waals surface area contributed by atoms with Gasteiger partial charge in [0.1, 0.15) is 11.6 Å². The van der Waals surface area contributed by atoms with Crippen LogP contribution in [0, 0.1) is 11.6 Å². The number of benzene rings is 5. The molecule has 0 saturated heterocycles. The summed E-state index contributed by atoms with van der Waals surface area (Å²) in [4.78, 5) is 14.6. The average molecular weight is 657 g/mol. The van der Waals surface area contributed by atoms with Gasteiger partial charge >= 0.3 is 38.8 Å². The molecule has 0 aliphatic carbocycles. The van der Waals surface area contributed by atoms with Crippen LogP contribution in [0.5, 0.6) is 0 Å². The van der Waals surface area contributed by atoms with Crippen molar-refractivity contribution in [3.63, 3.8) is 0 Å². The van der Waals surface area contributed by atoms with Crippen molar-refractivity contribution in [3.05, 3.63) is 144 Å². The van der Waals surface area contributed by atoms with Crippen molar-refractivity contribution in [2.24, 2.45) is 0 Å². The minimum atomic E-state index is -10.7. The first-order valence-electron chi connectivity index (χ1n) is 12.3. The Bertz CT molecular complexity index is 1720. The van der Waals surface area contributed by atoms with Gasteiger partial charge in [0.2, 0.25) is 0 Å². The van der Waals surface area contributed by atoms with E-state index in [1.807, 2.05) is 78.9 Å². The van der Waals surface area contributed by atoms with E-state index in [9.17, 15) is 38.8 Å². The van der Waals surface area contributed by atoms with E-state index in [1.54, 1.807) is 30.0 Å². The van der Waals surface area contributed by atoms with Crippen LogP contribution in [0.3, 0.4) is 0 Å². The van der Waals surface area contributed by atoms with Crippen molar-refractivity contribution in [3.8, 4) is 11.1 Å². The molecule has 5 aromatic rings. The van der Waals surface area contributed by atoms with Crippen molar-refractivity contribution < 1.29 is 38.8 Å². The Morgan fingerprint density at radius 2 is 1.02 bits per heavy atom. The minimum Gasteiger partial charge on any atom is -0.273 e. The number of carbonyl (C=O) groups excluding carboxylic acids is 1. The number of ketones is 1. The third kappa shape index (κ3) is 10.8. The fraction of sp³-hybridized carbons (Fsp3) is 0. The number of hydrogen-bond acceptors (Lipinski definition) is 2. The number of hydrogen-bond donors (Lipinski definition) is 0. The van der Waals surface area contributed by atoms with Crippen molar-refractivity contribution >= 4 is 37.1 Å². The Balaban J connectivity index is 0.000000541. The van der Waals surface area contributed by atoms with E-state index >= 15 is 0 Å². The second kappa shape index (κ2) is 12.1. The van der Waals surface area contributed by atoms with Crippen LogP contribution in [0.2, 0.25) is 0 Å². The molecule has 0 heterocycles. The van der Waals surface area contributed by atoms with Crippen molar-refractivity contribution in [2.75, 3.05) is 0 Å². The van der Waals surface area contributed by atoms with Crippen LogP contribution >= 0.6 is 31.3 Å². The Labute approximate surface area is 250 Å². The van der Waals surface area contributed by atoms with Crippen molar-refractivity contribution in [1.82, 2.24) is 0 Å². The molecule has 0 atom stereocenters.